The van der Waals surface area contributed by atoms with Crippen LogP contribution in [0.25, 0.3) is 22.4 Å². The van der Waals surface area contributed by atoms with Crippen molar-refractivity contribution in [2.75, 3.05) is 10.6 Å². The highest BCUT2D eigenvalue weighted by molar-refractivity contribution is 6.04. The lowest BCUT2D eigenvalue weighted by Gasteiger charge is -2.13. The number of rotatable bonds is 6. The molecule has 6 nitrogen and oxygen atoms in total. The van der Waals surface area contributed by atoms with Gasteiger partial charge in [-0.1, -0.05) is 6.07 Å². The van der Waals surface area contributed by atoms with Gasteiger partial charge in [0.25, 0.3) is 5.91 Å². The Balaban J connectivity index is 1.66. The molecule has 0 unspecified atom stereocenters. The summed E-state index contributed by atoms with van der Waals surface area (Å²) in [4.78, 5) is 31.7. The summed E-state index contributed by atoms with van der Waals surface area (Å²) in [7, 11) is 0. The van der Waals surface area contributed by atoms with E-state index < -0.39 is 23.5 Å². The lowest BCUT2D eigenvalue weighted by atomic mass is 9.98. The maximum absolute atomic E-state index is 14.7. The van der Waals surface area contributed by atoms with E-state index in [1.807, 2.05) is 0 Å². The van der Waals surface area contributed by atoms with Crippen molar-refractivity contribution in [1.82, 2.24) is 9.97 Å². The largest absolute Gasteiger partial charge is 0.416 e. The number of carbonyl (C=O) groups is 2. The van der Waals surface area contributed by atoms with Crippen molar-refractivity contribution in [3.8, 4) is 22.4 Å². The third-order valence-electron chi connectivity index (χ3n) is 5.35. The quantitative estimate of drug-likeness (QED) is 0.251. The van der Waals surface area contributed by atoms with E-state index in [0.717, 1.165) is 12.1 Å². The molecule has 0 atom stereocenters. The van der Waals surface area contributed by atoms with E-state index in [1.165, 1.54) is 24.4 Å². The maximum Gasteiger partial charge on any atom is 0.416 e. The molecule has 0 saturated heterocycles. The molecule has 0 radical (unpaired) electrons. The van der Waals surface area contributed by atoms with Gasteiger partial charge < -0.3 is 10.6 Å². The fourth-order valence-electron chi connectivity index (χ4n) is 3.60. The third kappa shape index (κ3) is 5.38. The van der Waals surface area contributed by atoms with Crippen LogP contribution in [0, 0.1) is 12.7 Å². The van der Waals surface area contributed by atoms with Crippen LogP contribution in [-0.4, -0.2) is 22.3 Å². The van der Waals surface area contributed by atoms with Gasteiger partial charge in [-0.2, -0.15) is 13.2 Å². The number of aryl methyl sites for hydroxylation is 1. The number of benzene rings is 2. The monoisotopic (exact) mass is 494 g/mol. The first-order valence-corrected chi connectivity index (χ1v) is 10.6. The summed E-state index contributed by atoms with van der Waals surface area (Å²) in [6.45, 7) is 1.69. The van der Waals surface area contributed by atoms with Crippen LogP contribution in [0.4, 0.5) is 29.1 Å². The lowest BCUT2D eigenvalue weighted by Crippen LogP contribution is -2.15. The molecule has 2 amide bonds. The molecular weight excluding hydrogens is 476 g/mol. The number of hydrogen-bond donors (Lipinski definition) is 2. The molecule has 0 aliphatic rings. The molecule has 10 heteroatoms. The van der Waals surface area contributed by atoms with E-state index in [-0.39, 0.29) is 11.3 Å². The average molecular weight is 494 g/mol. The summed E-state index contributed by atoms with van der Waals surface area (Å²) in [6.07, 6.45) is -1.04. The van der Waals surface area contributed by atoms with Crippen molar-refractivity contribution in [3.05, 3.63) is 95.6 Å². The molecule has 2 heterocycles. The molecule has 0 aliphatic heterocycles. The number of carbonyl (C=O) groups excluding carboxylic acids is 2. The number of nitrogens with zero attached hydrogens (tertiary/aromatic N) is 2. The minimum absolute atomic E-state index is 0.183. The Kier molecular flexibility index (Phi) is 6.77. The van der Waals surface area contributed by atoms with Crippen LogP contribution in [0.3, 0.4) is 0 Å². The van der Waals surface area contributed by atoms with E-state index >= 15 is 0 Å². The summed E-state index contributed by atoms with van der Waals surface area (Å²) in [5, 5.41) is 4.83. The summed E-state index contributed by atoms with van der Waals surface area (Å²) < 4.78 is 53.7. The number of amides is 2. The molecule has 36 heavy (non-hydrogen) atoms. The number of pyridine rings is 2. The van der Waals surface area contributed by atoms with Gasteiger partial charge in [0.1, 0.15) is 11.6 Å². The molecule has 4 rings (SSSR count). The van der Waals surface area contributed by atoms with Crippen LogP contribution >= 0.6 is 0 Å². The minimum atomic E-state index is -4.61. The van der Waals surface area contributed by atoms with E-state index in [2.05, 4.69) is 20.6 Å². The fraction of sp³-hybridized carbons (Fsp3) is 0.0769. The molecule has 0 saturated carbocycles. The first kappa shape index (κ1) is 24.5. The van der Waals surface area contributed by atoms with Crippen molar-refractivity contribution >= 4 is 23.8 Å². The molecule has 2 aromatic heterocycles. The summed E-state index contributed by atoms with van der Waals surface area (Å²) in [5.41, 5.74) is 1.63. The van der Waals surface area contributed by atoms with Gasteiger partial charge >= 0.3 is 6.18 Å². The SMILES string of the molecule is Cc1cc(F)c(NC(=O)c2cccc(C(F)(F)F)c2)cc1-c1ccnc(-c2ccnc(NC=O)c2)c1. The highest BCUT2D eigenvalue weighted by Crippen LogP contribution is 2.32. The minimum Gasteiger partial charge on any atom is -0.319 e. The highest BCUT2D eigenvalue weighted by Gasteiger charge is 2.31. The van der Waals surface area contributed by atoms with Gasteiger partial charge in [-0.3, -0.25) is 14.6 Å². The van der Waals surface area contributed by atoms with Gasteiger partial charge in [-0.15, -0.1) is 0 Å². The first-order valence-electron chi connectivity index (χ1n) is 10.6. The summed E-state index contributed by atoms with van der Waals surface area (Å²) in [5.74, 6) is -1.27. The second kappa shape index (κ2) is 9.95. The maximum atomic E-state index is 14.7. The lowest BCUT2D eigenvalue weighted by molar-refractivity contribution is -0.137. The van der Waals surface area contributed by atoms with Crippen LogP contribution < -0.4 is 10.6 Å². The van der Waals surface area contributed by atoms with Gasteiger partial charge in [0.2, 0.25) is 6.41 Å². The van der Waals surface area contributed by atoms with Gasteiger partial charge in [0, 0.05) is 23.5 Å². The molecular formula is C26H18F4N4O2. The highest BCUT2D eigenvalue weighted by atomic mass is 19.4. The standard InChI is InChI=1S/C26H18F4N4O2/c1-15-9-21(27)23(34-25(36)18-3-2-4-19(10-18)26(28,29)30)13-20(15)16-5-7-31-22(11-16)17-6-8-32-24(12-17)33-14-35/h2-14H,1H3,(H,34,36)(H,32,33,35). The molecule has 2 aromatic carbocycles. The molecule has 0 aliphatic carbocycles. The van der Waals surface area contributed by atoms with Crippen LogP contribution in [-0.2, 0) is 11.0 Å². The van der Waals surface area contributed by atoms with Crippen molar-refractivity contribution in [2.45, 2.75) is 13.1 Å². The number of nitrogens with one attached hydrogen (secondary N) is 2. The zero-order valence-corrected chi connectivity index (χ0v) is 18.7. The Morgan fingerprint density at radius 3 is 2.44 bits per heavy atom. The number of halogens is 4. The second-order valence-electron chi connectivity index (χ2n) is 7.80. The van der Waals surface area contributed by atoms with Crippen molar-refractivity contribution in [3.63, 3.8) is 0 Å². The Morgan fingerprint density at radius 2 is 1.69 bits per heavy atom. The Morgan fingerprint density at radius 1 is 0.944 bits per heavy atom. The first-order chi connectivity index (χ1) is 17.2. The third-order valence-corrected chi connectivity index (χ3v) is 5.35. The van der Waals surface area contributed by atoms with Gasteiger partial charge in [0.15, 0.2) is 0 Å². The van der Waals surface area contributed by atoms with Crippen molar-refractivity contribution in [1.29, 1.82) is 0 Å². The van der Waals surface area contributed by atoms with Crippen molar-refractivity contribution in [2.24, 2.45) is 0 Å². The predicted octanol–water partition coefficient (Wildman–Crippen LogP) is 6.10. The Labute approximate surface area is 203 Å². The molecule has 4 aromatic rings. The number of alkyl halides is 3. The second-order valence-corrected chi connectivity index (χ2v) is 7.80. The van der Waals surface area contributed by atoms with Gasteiger partial charge in [0.05, 0.1) is 16.9 Å². The van der Waals surface area contributed by atoms with E-state index in [4.69, 9.17) is 0 Å². The van der Waals surface area contributed by atoms with E-state index in [9.17, 15) is 27.2 Å². The Bertz CT molecular complexity index is 1450. The summed E-state index contributed by atoms with van der Waals surface area (Å²) >= 11 is 0. The van der Waals surface area contributed by atoms with Crippen LogP contribution in [0.2, 0.25) is 0 Å². The molecule has 0 spiro atoms. The average Bonchev–Trinajstić information content (AvgIpc) is 2.85. The molecule has 0 fully saturated rings. The smallest absolute Gasteiger partial charge is 0.319 e. The number of hydrogen-bond acceptors (Lipinski definition) is 4. The van der Waals surface area contributed by atoms with Crippen LogP contribution in [0.1, 0.15) is 21.5 Å². The van der Waals surface area contributed by atoms with Gasteiger partial charge in [-0.05, 0) is 78.2 Å². The molecule has 182 valence electrons. The van der Waals surface area contributed by atoms with Crippen LogP contribution in [0.15, 0.2) is 73.1 Å². The topological polar surface area (TPSA) is 84.0 Å². The number of aromatic nitrogens is 2. The normalized spacial score (nSPS) is 11.1. The van der Waals surface area contributed by atoms with Crippen LogP contribution in [0.5, 0.6) is 0 Å². The summed E-state index contributed by atoms with van der Waals surface area (Å²) in [6, 6.07) is 13.3. The molecule has 0 bridgehead atoms. The fourth-order valence-corrected chi connectivity index (χ4v) is 3.60. The van der Waals surface area contributed by atoms with E-state index in [0.29, 0.717) is 46.2 Å². The number of anilines is 2. The predicted molar refractivity (Wildman–Crippen MR) is 127 cm³/mol. The molecule has 2 N–H and O–H groups in total. The zero-order chi connectivity index (χ0) is 25.9. The Hall–Kier alpha value is -4.60. The van der Waals surface area contributed by atoms with E-state index in [1.54, 1.807) is 37.4 Å². The zero-order valence-electron chi connectivity index (χ0n) is 18.7. The van der Waals surface area contributed by atoms with Crippen molar-refractivity contribution < 1.29 is 27.2 Å². The van der Waals surface area contributed by atoms with Gasteiger partial charge in [-0.25, -0.2) is 9.37 Å².